The Bertz CT molecular complexity index is 1610. The van der Waals surface area contributed by atoms with Gasteiger partial charge in [-0.25, -0.2) is 0 Å². The number of thioether (sulfide) groups is 1. The van der Waals surface area contributed by atoms with E-state index in [4.69, 9.17) is 11.6 Å². The quantitative estimate of drug-likeness (QED) is 0.161. The lowest BCUT2D eigenvalue weighted by Gasteiger charge is -2.13. The molecule has 0 unspecified atom stereocenters. The molecule has 1 aliphatic heterocycles. The summed E-state index contributed by atoms with van der Waals surface area (Å²) in [7, 11) is 0. The number of rotatable bonds is 5. The van der Waals surface area contributed by atoms with Gasteiger partial charge >= 0.3 is 0 Å². The van der Waals surface area contributed by atoms with E-state index in [0.717, 1.165) is 45.0 Å². The number of nitro benzene ring substituents is 1. The number of benzene rings is 3. The van der Waals surface area contributed by atoms with E-state index in [1.807, 2.05) is 66.9 Å². The fourth-order valence-corrected chi connectivity index (χ4v) is 5.42. The lowest BCUT2D eigenvalue weighted by Crippen LogP contribution is -2.27. The van der Waals surface area contributed by atoms with Gasteiger partial charge in [0.05, 0.1) is 22.1 Å². The third-order valence-electron chi connectivity index (χ3n) is 6.17. The zero-order valence-electron chi connectivity index (χ0n) is 19.4. The van der Waals surface area contributed by atoms with Crippen LogP contribution in [-0.4, -0.2) is 25.5 Å². The topological polar surface area (TPSA) is 85.5 Å². The SMILES string of the molecule is Cc1cc(/C=C2\SC(=O)N(Cc3ccc4ccccc4c3)C2=O)c(C)n1-c1ccc(Cl)c([N+](=O)[O-])c1. The molecule has 3 aromatic carbocycles. The van der Waals surface area contributed by atoms with Crippen LogP contribution >= 0.6 is 23.4 Å². The number of fused-ring (bicyclic) bond motifs is 1. The van der Waals surface area contributed by atoms with E-state index in [-0.39, 0.29) is 28.4 Å². The van der Waals surface area contributed by atoms with Crippen LogP contribution in [0.4, 0.5) is 10.5 Å². The van der Waals surface area contributed by atoms with Crippen molar-refractivity contribution >= 4 is 57.0 Å². The molecule has 0 spiro atoms. The second-order valence-corrected chi connectivity index (χ2v) is 9.90. The molecule has 4 aromatic rings. The monoisotopic (exact) mass is 517 g/mol. The summed E-state index contributed by atoms with van der Waals surface area (Å²) < 4.78 is 1.86. The van der Waals surface area contributed by atoms with Crippen LogP contribution in [0.1, 0.15) is 22.5 Å². The third kappa shape index (κ3) is 4.29. The largest absolute Gasteiger partial charge is 0.318 e. The molecule has 180 valence electrons. The molecule has 1 aromatic heterocycles. The lowest BCUT2D eigenvalue weighted by atomic mass is 10.1. The Balaban J connectivity index is 1.43. The summed E-state index contributed by atoms with van der Waals surface area (Å²) in [5.74, 6) is -0.343. The number of nitro groups is 1. The average Bonchev–Trinajstić information content (AvgIpc) is 3.28. The summed E-state index contributed by atoms with van der Waals surface area (Å²) in [6, 6.07) is 20.3. The second kappa shape index (κ2) is 9.29. The predicted octanol–water partition coefficient (Wildman–Crippen LogP) is 7.05. The number of hydrogen-bond donors (Lipinski definition) is 0. The molecular formula is C27H20ClN3O4S. The Morgan fingerprint density at radius 3 is 2.50 bits per heavy atom. The van der Waals surface area contributed by atoms with Crippen LogP contribution in [0.5, 0.6) is 0 Å². The summed E-state index contributed by atoms with van der Waals surface area (Å²) in [5.41, 5.74) is 3.64. The minimum atomic E-state index is -0.521. The van der Waals surface area contributed by atoms with Gasteiger partial charge in [0.1, 0.15) is 5.02 Å². The number of nitrogens with zero attached hydrogens (tertiary/aromatic N) is 3. The molecule has 9 heteroatoms. The molecule has 36 heavy (non-hydrogen) atoms. The Kier molecular flexibility index (Phi) is 6.15. The highest BCUT2D eigenvalue weighted by molar-refractivity contribution is 8.18. The summed E-state index contributed by atoms with van der Waals surface area (Å²) in [6.45, 7) is 3.93. The number of carbonyl (C=O) groups excluding carboxylic acids is 2. The fourth-order valence-electron chi connectivity index (χ4n) is 4.41. The second-order valence-electron chi connectivity index (χ2n) is 8.50. The zero-order chi connectivity index (χ0) is 25.6. The zero-order valence-corrected chi connectivity index (χ0v) is 21.0. The van der Waals surface area contributed by atoms with Gasteiger partial charge in [-0.05, 0) is 77.9 Å². The highest BCUT2D eigenvalue weighted by Gasteiger charge is 2.35. The van der Waals surface area contributed by atoms with Crippen LogP contribution in [0.2, 0.25) is 5.02 Å². The maximum atomic E-state index is 13.1. The minimum absolute atomic E-state index is 0.0616. The molecule has 0 radical (unpaired) electrons. The molecule has 1 fully saturated rings. The van der Waals surface area contributed by atoms with Gasteiger partial charge in [-0.2, -0.15) is 0 Å². The number of aryl methyl sites for hydroxylation is 1. The van der Waals surface area contributed by atoms with Crippen molar-refractivity contribution in [3.63, 3.8) is 0 Å². The minimum Gasteiger partial charge on any atom is -0.318 e. The molecule has 5 rings (SSSR count). The standard InChI is InChI=1S/C27H20ClN3O4S/c1-16-11-21(17(2)30(16)22-9-10-23(28)24(14-22)31(34)35)13-25-26(32)29(27(33)36-25)15-18-7-8-19-5-3-4-6-20(19)12-18/h3-14H,15H2,1-2H3/b25-13-. The maximum Gasteiger partial charge on any atom is 0.293 e. The average molecular weight is 518 g/mol. The Hall–Kier alpha value is -3.88. The molecule has 7 nitrogen and oxygen atoms in total. The summed E-state index contributed by atoms with van der Waals surface area (Å²) in [5, 5.41) is 13.2. The van der Waals surface area contributed by atoms with Gasteiger partial charge in [0.15, 0.2) is 0 Å². The van der Waals surface area contributed by atoms with Crippen molar-refractivity contribution in [2.45, 2.75) is 20.4 Å². The van der Waals surface area contributed by atoms with E-state index in [1.54, 1.807) is 12.1 Å². The van der Waals surface area contributed by atoms with Gasteiger partial charge in [0.25, 0.3) is 16.8 Å². The molecule has 0 saturated carbocycles. The number of amides is 2. The molecule has 0 atom stereocenters. The van der Waals surface area contributed by atoms with Crippen LogP contribution in [0, 0.1) is 24.0 Å². The Labute approximate surface area is 216 Å². The normalized spacial score (nSPS) is 14.9. The predicted molar refractivity (Wildman–Crippen MR) is 142 cm³/mol. The number of carbonyl (C=O) groups is 2. The van der Waals surface area contributed by atoms with Gasteiger partial charge < -0.3 is 4.57 Å². The molecular weight excluding hydrogens is 498 g/mol. The molecule has 0 N–H and O–H groups in total. The fraction of sp³-hybridized carbons (Fsp3) is 0.111. The van der Waals surface area contributed by atoms with Gasteiger partial charge in [-0.1, -0.05) is 48.0 Å². The molecule has 1 aliphatic rings. The van der Waals surface area contributed by atoms with E-state index < -0.39 is 4.92 Å². The Morgan fingerprint density at radius 2 is 1.75 bits per heavy atom. The molecule has 0 bridgehead atoms. The molecule has 2 heterocycles. The first-order valence-corrected chi connectivity index (χ1v) is 12.3. The van der Waals surface area contributed by atoms with E-state index in [1.165, 1.54) is 17.0 Å². The number of halogens is 1. The molecule has 1 saturated heterocycles. The first-order valence-electron chi connectivity index (χ1n) is 11.1. The van der Waals surface area contributed by atoms with E-state index in [2.05, 4.69) is 0 Å². The van der Waals surface area contributed by atoms with Crippen LogP contribution in [0.3, 0.4) is 0 Å². The van der Waals surface area contributed by atoms with Gasteiger partial charge in [0.2, 0.25) is 0 Å². The number of aromatic nitrogens is 1. The van der Waals surface area contributed by atoms with Crippen molar-refractivity contribution in [1.82, 2.24) is 9.47 Å². The van der Waals surface area contributed by atoms with E-state index in [0.29, 0.717) is 10.6 Å². The highest BCUT2D eigenvalue weighted by Crippen LogP contribution is 2.35. The summed E-state index contributed by atoms with van der Waals surface area (Å²) in [4.78, 5) is 38.2. The van der Waals surface area contributed by atoms with E-state index >= 15 is 0 Å². The van der Waals surface area contributed by atoms with Crippen LogP contribution < -0.4 is 0 Å². The van der Waals surface area contributed by atoms with Gasteiger partial charge in [-0.3, -0.25) is 24.6 Å². The first-order chi connectivity index (χ1) is 17.2. The molecule has 0 aliphatic carbocycles. The molecule has 2 amide bonds. The van der Waals surface area contributed by atoms with Crippen molar-refractivity contribution in [3.8, 4) is 5.69 Å². The van der Waals surface area contributed by atoms with Crippen LogP contribution in [-0.2, 0) is 11.3 Å². The highest BCUT2D eigenvalue weighted by atomic mass is 35.5. The van der Waals surface area contributed by atoms with Crippen molar-refractivity contribution in [3.05, 3.63) is 109 Å². The number of hydrogen-bond acceptors (Lipinski definition) is 5. The van der Waals surface area contributed by atoms with Crippen molar-refractivity contribution in [1.29, 1.82) is 0 Å². The van der Waals surface area contributed by atoms with Crippen molar-refractivity contribution in [2.24, 2.45) is 0 Å². The third-order valence-corrected chi connectivity index (χ3v) is 7.40. The summed E-state index contributed by atoms with van der Waals surface area (Å²) in [6.07, 6.45) is 1.70. The maximum absolute atomic E-state index is 13.1. The van der Waals surface area contributed by atoms with Gasteiger partial charge in [-0.15, -0.1) is 0 Å². The Morgan fingerprint density at radius 1 is 1.00 bits per heavy atom. The van der Waals surface area contributed by atoms with Crippen LogP contribution in [0.15, 0.2) is 71.6 Å². The lowest BCUT2D eigenvalue weighted by molar-refractivity contribution is -0.384. The van der Waals surface area contributed by atoms with Gasteiger partial charge in [0, 0.05) is 17.5 Å². The van der Waals surface area contributed by atoms with E-state index in [9.17, 15) is 19.7 Å². The number of imide groups is 1. The van der Waals surface area contributed by atoms with Crippen molar-refractivity contribution < 1.29 is 14.5 Å². The summed E-state index contributed by atoms with van der Waals surface area (Å²) >= 11 is 6.88. The van der Waals surface area contributed by atoms with Crippen LogP contribution in [0.25, 0.3) is 22.5 Å². The smallest absolute Gasteiger partial charge is 0.293 e. The van der Waals surface area contributed by atoms with Crippen molar-refractivity contribution in [2.75, 3.05) is 0 Å². The first kappa shape index (κ1) is 23.8.